The summed E-state index contributed by atoms with van der Waals surface area (Å²) in [6, 6.07) is 0. The Labute approximate surface area is 96.4 Å². The van der Waals surface area contributed by atoms with Crippen molar-refractivity contribution in [3.63, 3.8) is 0 Å². The van der Waals surface area contributed by atoms with Gasteiger partial charge in [0.25, 0.3) is 0 Å². The molecular formula is C13H31N2+. The van der Waals surface area contributed by atoms with Crippen LogP contribution in [0, 0.1) is 0 Å². The average Bonchev–Trinajstić information content (AvgIpc) is 2.14. The van der Waals surface area contributed by atoms with Gasteiger partial charge in [-0.25, -0.2) is 0 Å². The molecule has 0 heterocycles. The van der Waals surface area contributed by atoms with Crippen molar-refractivity contribution >= 4 is 0 Å². The van der Waals surface area contributed by atoms with E-state index >= 15 is 0 Å². The summed E-state index contributed by atoms with van der Waals surface area (Å²) in [4.78, 5) is 0. The fourth-order valence-corrected chi connectivity index (χ4v) is 1.79. The van der Waals surface area contributed by atoms with Crippen molar-refractivity contribution in [2.24, 2.45) is 5.73 Å². The van der Waals surface area contributed by atoms with Crippen LogP contribution in [0.1, 0.15) is 51.4 Å². The zero-order valence-corrected chi connectivity index (χ0v) is 11.1. The Morgan fingerprint density at radius 3 is 1.47 bits per heavy atom. The molecule has 0 aromatic rings. The second-order valence-corrected chi connectivity index (χ2v) is 5.63. The lowest BCUT2D eigenvalue weighted by Gasteiger charge is -2.23. The lowest BCUT2D eigenvalue weighted by molar-refractivity contribution is -0.870. The van der Waals surface area contributed by atoms with E-state index in [4.69, 9.17) is 5.73 Å². The molecule has 2 nitrogen and oxygen atoms in total. The molecule has 0 spiro atoms. The summed E-state index contributed by atoms with van der Waals surface area (Å²) in [6.45, 7) is 2.18. The van der Waals surface area contributed by atoms with E-state index < -0.39 is 0 Å². The Bertz CT molecular complexity index is 127. The summed E-state index contributed by atoms with van der Waals surface area (Å²) < 4.78 is 1.11. The van der Waals surface area contributed by atoms with Gasteiger partial charge in [-0.2, -0.15) is 0 Å². The van der Waals surface area contributed by atoms with Crippen molar-refractivity contribution in [3.05, 3.63) is 0 Å². The molecule has 0 saturated carbocycles. The Hall–Kier alpha value is -0.0800. The third kappa shape index (κ3) is 13.9. The van der Waals surface area contributed by atoms with Crippen LogP contribution in [0.5, 0.6) is 0 Å². The van der Waals surface area contributed by atoms with Crippen molar-refractivity contribution in [1.82, 2.24) is 0 Å². The first-order valence-corrected chi connectivity index (χ1v) is 6.57. The van der Waals surface area contributed by atoms with E-state index in [1.165, 1.54) is 57.9 Å². The van der Waals surface area contributed by atoms with Gasteiger partial charge < -0.3 is 10.2 Å². The van der Waals surface area contributed by atoms with Gasteiger partial charge in [-0.1, -0.05) is 32.1 Å². The standard InChI is InChI=1S/C13H31N2/c1-15(2,3)13-11-9-7-5-4-6-8-10-12-14/h4-14H2,1-3H3/q+1. The van der Waals surface area contributed by atoms with Crippen LogP contribution in [0.3, 0.4) is 0 Å². The SMILES string of the molecule is C[N+](C)(C)CCCCCCCCCCN. The monoisotopic (exact) mass is 215 g/mol. The van der Waals surface area contributed by atoms with Crippen molar-refractivity contribution in [3.8, 4) is 0 Å². The zero-order valence-electron chi connectivity index (χ0n) is 11.1. The van der Waals surface area contributed by atoms with Crippen LogP contribution in [0.25, 0.3) is 0 Å². The summed E-state index contributed by atoms with van der Waals surface area (Å²) in [5.41, 5.74) is 5.45. The molecule has 0 unspecified atom stereocenters. The second kappa shape index (κ2) is 9.17. The van der Waals surface area contributed by atoms with Crippen LogP contribution in [-0.2, 0) is 0 Å². The number of hydrogen-bond donors (Lipinski definition) is 1. The second-order valence-electron chi connectivity index (χ2n) is 5.63. The van der Waals surface area contributed by atoms with Crippen LogP contribution in [0.15, 0.2) is 0 Å². The predicted molar refractivity (Wildman–Crippen MR) is 68.9 cm³/mol. The third-order valence-corrected chi connectivity index (χ3v) is 2.78. The topological polar surface area (TPSA) is 26.0 Å². The Kier molecular flexibility index (Phi) is 9.12. The first-order chi connectivity index (χ1) is 7.06. The summed E-state index contributed by atoms with van der Waals surface area (Å²) in [7, 11) is 6.81. The molecular weight excluding hydrogens is 184 g/mol. The molecule has 0 aromatic carbocycles. The maximum absolute atomic E-state index is 5.45. The molecule has 2 N–H and O–H groups in total. The van der Waals surface area contributed by atoms with Gasteiger partial charge in [0.2, 0.25) is 0 Å². The first-order valence-electron chi connectivity index (χ1n) is 6.57. The Balaban J connectivity index is 2.99. The van der Waals surface area contributed by atoms with Crippen LogP contribution >= 0.6 is 0 Å². The molecule has 0 fully saturated rings. The van der Waals surface area contributed by atoms with Gasteiger partial charge in [0.1, 0.15) is 0 Å². The molecule has 0 radical (unpaired) electrons. The largest absolute Gasteiger partial charge is 0.331 e. The normalized spacial score (nSPS) is 12.0. The van der Waals surface area contributed by atoms with Crippen molar-refractivity contribution < 1.29 is 4.48 Å². The highest BCUT2D eigenvalue weighted by atomic mass is 15.3. The van der Waals surface area contributed by atoms with Crippen LogP contribution in [0.2, 0.25) is 0 Å². The molecule has 2 heteroatoms. The number of quaternary nitrogens is 1. The molecule has 92 valence electrons. The van der Waals surface area contributed by atoms with Crippen molar-refractivity contribution in [1.29, 1.82) is 0 Å². The first kappa shape index (κ1) is 14.9. The summed E-state index contributed by atoms with van der Waals surface area (Å²) in [5.74, 6) is 0. The molecule has 0 rings (SSSR count). The summed E-state index contributed by atoms with van der Waals surface area (Å²) in [5, 5.41) is 0. The van der Waals surface area contributed by atoms with Crippen molar-refractivity contribution in [2.45, 2.75) is 51.4 Å². The molecule has 0 aliphatic rings. The quantitative estimate of drug-likeness (QED) is 0.440. The van der Waals surface area contributed by atoms with E-state index in [1.807, 2.05) is 0 Å². The van der Waals surface area contributed by atoms with Gasteiger partial charge >= 0.3 is 0 Å². The fraction of sp³-hybridized carbons (Fsp3) is 1.00. The number of hydrogen-bond acceptors (Lipinski definition) is 1. The van der Waals surface area contributed by atoms with Crippen molar-refractivity contribution in [2.75, 3.05) is 34.2 Å². The summed E-state index contributed by atoms with van der Waals surface area (Å²) in [6.07, 6.45) is 11.0. The maximum Gasteiger partial charge on any atom is 0.0780 e. The molecule has 0 aliphatic heterocycles. The molecule has 15 heavy (non-hydrogen) atoms. The van der Waals surface area contributed by atoms with Gasteiger partial charge in [0.15, 0.2) is 0 Å². The molecule has 0 saturated heterocycles. The molecule has 0 atom stereocenters. The van der Waals surface area contributed by atoms with Gasteiger partial charge in [0.05, 0.1) is 27.7 Å². The van der Waals surface area contributed by atoms with Crippen LogP contribution < -0.4 is 5.73 Å². The highest BCUT2D eigenvalue weighted by Gasteiger charge is 2.04. The highest BCUT2D eigenvalue weighted by molar-refractivity contribution is 4.47. The maximum atomic E-state index is 5.45. The van der Waals surface area contributed by atoms with E-state index in [-0.39, 0.29) is 0 Å². The lowest BCUT2D eigenvalue weighted by Crippen LogP contribution is -2.35. The van der Waals surface area contributed by atoms with Gasteiger partial charge in [0, 0.05) is 0 Å². The molecule has 0 amide bonds. The Morgan fingerprint density at radius 1 is 0.667 bits per heavy atom. The number of rotatable bonds is 10. The van der Waals surface area contributed by atoms with E-state index in [1.54, 1.807) is 0 Å². The summed E-state index contributed by atoms with van der Waals surface area (Å²) >= 11 is 0. The lowest BCUT2D eigenvalue weighted by atomic mass is 10.1. The van der Waals surface area contributed by atoms with E-state index in [0.717, 1.165) is 11.0 Å². The smallest absolute Gasteiger partial charge is 0.0780 e. The molecule has 0 aromatic heterocycles. The molecule has 0 bridgehead atoms. The van der Waals surface area contributed by atoms with Crippen LogP contribution in [0.4, 0.5) is 0 Å². The van der Waals surface area contributed by atoms with Gasteiger partial charge in [-0.05, 0) is 25.8 Å². The third-order valence-electron chi connectivity index (χ3n) is 2.78. The van der Waals surface area contributed by atoms with Crippen LogP contribution in [-0.4, -0.2) is 38.7 Å². The zero-order chi connectivity index (χ0) is 11.6. The average molecular weight is 215 g/mol. The predicted octanol–water partition coefficient (Wildman–Crippen LogP) is 2.77. The van der Waals surface area contributed by atoms with E-state index in [9.17, 15) is 0 Å². The minimum Gasteiger partial charge on any atom is -0.331 e. The van der Waals surface area contributed by atoms with E-state index in [0.29, 0.717) is 0 Å². The number of nitrogens with two attached hydrogens (primary N) is 1. The molecule has 0 aliphatic carbocycles. The number of nitrogens with zero attached hydrogens (tertiary/aromatic N) is 1. The Morgan fingerprint density at radius 2 is 1.07 bits per heavy atom. The van der Waals surface area contributed by atoms with Gasteiger partial charge in [-0.15, -0.1) is 0 Å². The van der Waals surface area contributed by atoms with Gasteiger partial charge in [-0.3, -0.25) is 0 Å². The number of unbranched alkanes of at least 4 members (excludes halogenated alkanes) is 7. The fourth-order valence-electron chi connectivity index (χ4n) is 1.79. The minimum absolute atomic E-state index is 0.865. The minimum atomic E-state index is 0.865. The van der Waals surface area contributed by atoms with E-state index in [2.05, 4.69) is 21.1 Å². The highest BCUT2D eigenvalue weighted by Crippen LogP contribution is 2.09.